The van der Waals surface area contributed by atoms with E-state index in [-0.39, 0.29) is 0 Å². The van der Waals surface area contributed by atoms with Crippen LogP contribution in [0, 0.1) is 0 Å². The van der Waals surface area contributed by atoms with E-state index in [1.807, 2.05) is 0 Å². The van der Waals surface area contributed by atoms with E-state index in [1.165, 1.54) is 32.1 Å². The number of halogens is 1. The lowest BCUT2D eigenvalue weighted by atomic mass is 10.2. The number of nitrogens with one attached hydrogen (secondary N) is 1. The van der Waals surface area contributed by atoms with Gasteiger partial charge in [0.25, 0.3) is 0 Å². The summed E-state index contributed by atoms with van der Waals surface area (Å²) in [5, 5.41) is 3.52. The van der Waals surface area contributed by atoms with Crippen molar-refractivity contribution in [3.8, 4) is 0 Å². The Morgan fingerprint density at radius 1 is 1.36 bits per heavy atom. The predicted molar refractivity (Wildman–Crippen MR) is 50.2 cm³/mol. The molecular formula is C9H18ClN. The molecule has 66 valence electrons. The van der Waals surface area contributed by atoms with Crippen molar-refractivity contribution in [1.82, 2.24) is 5.32 Å². The molecule has 1 N–H and O–H groups in total. The first kappa shape index (κ1) is 9.34. The van der Waals surface area contributed by atoms with Crippen molar-refractivity contribution < 1.29 is 0 Å². The summed E-state index contributed by atoms with van der Waals surface area (Å²) < 4.78 is 0. The lowest BCUT2D eigenvalue weighted by Crippen LogP contribution is -2.33. The van der Waals surface area contributed by atoms with Crippen molar-refractivity contribution in [2.45, 2.75) is 44.6 Å². The highest BCUT2D eigenvalue weighted by Crippen LogP contribution is 2.36. The van der Waals surface area contributed by atoms with Gasteiger partial charge in [-0.15, -0.1) is 11.6 Å². The van der Waals surface area contributed by atoms with Crippen molar-refractivity contribution >= 4 is 11.6 Å². The maximum absolute atomic E-state index is 5.81. The molecule has 0 radical (unpaired) electrons. The third kappa shape index (κ3) is 3.00. The van der Waals surface area contributed by atoms with Crippen LogP contribution in [0.1, 0.15) is 39.0 Å². The highest BCUT2D eigenvalue weighted by Gasteiger charge is 2.40. The second-order valence-corrected chi connectivity index (χ2v) is 3.82. The molecule has 0 bridgehead atoms. The van der Waals surface area contributed by atoms with Crippen LogP contribution >= 0.6 is 11.6 Å². The average Bonchev–Trinajstić information content (AvgIpc) is 2.80. The van der Waals surface area contributed by atoms with Gasteiger partial charge in [0, 0.05) is 11.4 Å². The third-order valence-electron chi connectivity index (χ3n) is 2.39. The molecule has 0 unspecified atom stereocenters. The quantitative estimate of drug-likeness (QED) is 0.483. The van der Waals surface area contributed by atoms with Crippen molar-refractivity contribution in [3.63, 3.8) is 0 Å². The molecule has 0 heterocycles. The maximum Gasteiger partial charge on any atom is 0.0406 e. The fourth-order valence-electron chi connectivity index (χ4n) is 1.24. The summed E-state index contributed by atoms with van der Waals surface area (Å²) in [6.07, 6.45) is 6.50. The van der Waals surface area contributed by atoms with E-state index in [9.17, 15) is 0 Å². The Balaban J connectivity index is 1.94. The zero-order valence-electron chi connectivity index (χ0n) is 7.33. The van der Waals surface area contributed by atoms with Crippen molar-refractivity contribution in [2.24, 2.45) is 0 Å². The van der Waals surface area contributed by atoms with Crippen LogP contribution in [0.25, 0.3) is 0 Å². The van der Waals surface area contributed by atoms with E-state index >= 15 is 0 Å². The summed E-state index contributed by atoms with van der Waals surface area (Å²) in [6, 6.07) is 0. The van der Waals surface area contributed by atoms with Gasteiger partial charge in [0.2, 0.25) is 0 Å². The first-order valence-electron chi connectivity index (χ1n) is 4.64. The topological polar surface area (TPSA) is 12.0 Å². The molecule has 1 fully saturated rings. The number of hydrogen-bond acceptors (Lipinski definition) is 1. The smallest absolute Gasteiger partial charge is 0.0406 e. The molecule has 1 rings (SSSR count). The van der Waals surface area contributed by atoms with Crippen LogP contribution in [0.5, 0.6) is 0 Å². The highest BCUT2D eigenvalue weighted by molar-refractivity contribution is 6.18. The Labute approximate surface area is 74.5 Å². The van der Waals surface area contributed by atoms with Crippen LogP contribution in [-0.4, -0.2) is 18.0 Å². The normalized spacial score (nSPS) is 20.2. The Kier molecular flexibility index (Phi) is 3.67. The molecule has 11 heavy (non-hydrogen) atoms. The zero-order chi connectivity index (χ0) is 8.16. The molecular weight excluding hydrogens is 158 g/mol. The maximum atomic E-state index is 5.81. The minimum atomic E-state index is 0.356. The summed E-state index contributed by atoms with van der Waals surface area (Å²) in [7, 11) is 0. The van der Waals surface area contributed by atoms with E-state index < -0.39 is 0 Å². The molecule has 0 amide bonds. The number of hydrogen-bond donors (Lipinski definition) is 1. The molecule has 1 aliphatic rings. The minimum Gasteiger partial charge on any atom is -0.310 e. The first-order valence-corrected chi connectivity index (χ1v) is 5.17. The molecule has 1 nitrogen and oxygen atoms in total. The molecule has 0 saturated heterocycles. The van der Waals surface area contributed by atoms with E-state index in [2.05, 4.69) is 12.2 Å². The van der Waals surface area contributed by atoms with Crippen LogP contribution in [0.2, 0.25) is 0 Å². The fourth-order valence-corrected chi connectivity index (χ4v) is 1.60. The summed E-state index contributed by atoms with van der Waals surface area (Å²) in [4.78, 5) is 0. The van der Waals surface area contributed by atoms with E-state index in [0.717, 1.165) is 12.4 Å². The van der Waals surface area contributed by atoms with Crippen LogP contribution in [-0.2, 0) is 0 Å². The van der Waals surface area contributed by atoms with E-state index in [1.54, 1.807) is 0 Å². The highest BCUT2D eigenvalue weighted by atomic mass is 35.5. The summed E-state index contributed by atoms with van der Waals surface area (Å²) in [5.74, 6) is 0.791. The van der Waals surface area contributed by atoms with Crippen LogP contribution in [0.3, 0.4) is 0 Å². The molecule has 0 atom stereocenters. The number of unbranched alkanes of at least 4 members (excludes halogenated alkanes) is 2. The summed E-state index contributed by atoms with van der Waals surface area (Å²) >= 11 is 5.81. The standard InChI is InChI=1S/C9H18ClN/c1-2-3-4-7-11-9(8-10)5-6-9/h11H,2-8H2,1H3. The average molecular weight is 176 g/mol. The fraction of sp³-hybridized carbons (Fsp3) is 1.00. The lowest BCUT2D eigenvalue weighted by molar-refractivity contribution is 0.519. The number of rotatable bonds is 6. The van der Waals surface area contributed by atoms with Gasteiger partial charge in [-0.25, -0.2) is 0 Å². The zero-order valence-corrected chi connectivity index (χ0v) is 8.08. The SMILES string of the molecule is CCCCCNC1(CCl)CC1. The Hall–Kier alpha value is 0.250. The van der Waals surface area contributed by atoms with Crippen molar-refractivity contribution in [1.29, 1.82) is 0 Å². The molecule has 2 heteroatoms. The molecule has 0 aliphatic heterocycles. The first-order chi connectivity index (χ1) is 5.33. The molecule has 0 aromatic carbocycles. The summed E-state index contributed by atoms with van der Waals surface area (Å²) in [5.41, 5.74) is 0.356. The third-order valence-corrected chi connectivity index (χ3v) is 2.90. The molecule has 1 saturated carbocycles. The number of alkyl halides is 1. The van der Waals surface area contributed by atoms with Crippen molar-refractivity contribution in [3.05, 3.63) is 0 Å². The van der Waals surface area contributed by atoms with E-state index in [0.29, 0.717) is 5.54 Å². The largest absolute Gasteiger partial charge is 0.310 e. The molecule has 0 spiro atoms. The molecule has 0 aromatic heterocycles. The van der Waals surface area contributed by atoms with Gasteiger partial charge in [-0.2, -0.15) is 0 Å². The predicted octanol–water partition coefficient (Wildman–Crippen LogP) is 2.54. The molecule has 1 aliphatic carbocycles. The minimum absolute atomic E-state index is 0.356. The van der Waals surface area contributed by atoms with Gasteiger partial charge in [-0.3, -0.25) is 0 Å². The van der Waals surface area contributed by atoms with Gasteiger partial charge in [0.1, 0.15) is 0 Å². The lowest BCUT2D eigenvalue weighted by Gasteiger charge is -2.12. The van der Waals surface area contributed by atoms with Gasteiger partial charge in [-0.1, -0.05) is 19.8 Å². The Morgan fingerprint density at radius 2 is 2.09 bits per heavy atom. The van der Waals surface area contributed by atoms with Crippen molar-refractivity contribution in [2.75, 3.05) is 12.4 Å². The second kappa shape index (κ2) is 4.32. The van der Waals surface area contributed by atoms with Crippen LogP contribution < -0.4 is 5.32 Å². The van der Waals surface area contributed by atoms with Gasteiger partial charge >= 0.3 is 0 Å². The van der Waals surface area contributed by atoms with E-state index in [4.69, 9.17) is 11.6 Å². The van der Waals surface area contributed by atoms with Crippen LogP contribution in [0.15, 0.2) is 0 Å². The van der Waals surface area contributed by atoms with Gasteiger partial charge < -0.3 is 5.32 Å². The second-order valence-electron chi connectivity index (χ2n) is 3.55. The Morgan fingerprint density at radius 3 is 2.55 bits per heavy atom. The van der Waals surface area contributed by atoms with Gasteiger partial charge in [0.05, 0.1) is 0 Å². The van der Waals surface area contributed by atoms with Gasteiger partial charge in [0.15, 0.2) is 0 Å². The van der Waals surface area contributed by atoms with Crippen LogP contribution in [0.4, 0.5) is 0 Å². The van der Waals surface area contributed by atoms with Gasteiger partial charge in [-0.05, 0) is 25.8 Å². The Bertz CT molecular complexity index is 110. The molecule has 0 aromatic rings. The monoisotopic (exact) mass is 175 g/mol. The summed E-state index contributed by atoms with van der Waals surface area (Å²) in [6.45, 7) is 3.38.